The summed E-state index contributed by atoms with van der Waals surface area (Å²) >= 11 is 5.93. The van der Waals surface area contributed by atoms with Crippen LogP contribution in [-0.2, 0) is 4.74 Å². The number of nitrogens with zero attached hydrogens (tertiary/aromatic N) is 2. The van der Waals surface area contributed by atoms with Gasteiger partial charge in [-0.3, -0.25) is 0 Å². The Labute approximate surface area is 113 Å². The highest BCUT2D eigenvalue weighted by atomic mass is 35.5. The van der Waals surface area contributed by atoms with E-state index >= 15 is 0 Å². The van der Waals surface area contributed by atoms with Crippen LogP contribution in [0, 0.1) is 11.3 Å². The van der Waals surface area contributed by atoms with Crippen LogP contribution in [0.4, 0.5) is 5.69 Å². The molecule has 0 saturated heterocycles. The molecule has 1 aromatic rings. The largest absolute Gasteiger partial charge is 0.382 e. The third-order valence-electron chi connectivity index (χ3n) is 2.37. The lowest BCUT2D eigenvalue weighted by Gasteiger charge is -2.11. The summed E-state index contributed by atoms with van der Waals surface area (Å²) < 4.78 is 5.45. The lowest BCUT2D eigenvalue weighted by Crippen LogP contribution is -2.20. The molecule has 0 saturated carbocycles. The Morgan fingerprint density at radius 3 is 2.83 bits per heavy atom. The van der Waals surface area contributed by atoms with Crippen LogP contribution < -0.4 is 5.32 Å². The molecule has 18 heavy (non-hydrogen) atoms. The maximum atomic E-state index is 8.99. The quantitative estimate of drug-likeness (QED) is 0.770. The first-order valence-electron chi connectivity index (χ1n) is 5.80. The zero-order valence-corrected chi connectivity index (χ0v) is 11.5. The third-order valence-corrected chi connectivity index (χ3v) is 2.69. The molecule has 0 aliphatic rings. The Bertz CT molecular complexity index is 415. The maximum absolute atomic E-state index is 8.99. The summed E-state index contributed by atoms with van der Waals surface area (Å²) in [5, 5.41) is 12.6. The number of rotatable bonds is 7. The van der Waals surface area contributed by atoms with Gasteiger partial charge in [0.25, 0.3) is 0 Å². The van der Waals surface area contributed by atoms with E-state index in [0.717, 1.165) is 12.2 Å². The Balaban J connectivity index is 2.32. The Hall–Kier alpha value is -1.28. The molecular formula is C13H18ClN3O. The van der Waals surface area contributed by atoms with Gasteiger partial charge in [0, 0.05) is 13.1 Å². The molecule has 1 rings (SSSR count). The van der Waals surface area contributed by atoms with Gasteiger partial charge in [-0.25, -0.2) is 0 Å². The standard InChI is InChI=1S/C13H18ClN3O/c1-17(2)7-9-18-8-6-16-13-5-3-4-12(14)11(13)10-15/h3-5,16H,6-9H2,1-2H3. The normalized spacial score (nSPS) is 10.4. The maximum Gasteiger partial charge on any atom is 0.103 e. The van der Waals surface area contributed by atoms with Crippen LogP contribution >= 0.6 is 11.6 Å². The second-order valence-electron chi connectivity index (χ2n) is 4.12. The van der Waals surface area contributed by atoms with E-state index in [1.165, 1.54) is 0 Å². The predicted octanol–water partition coefficient (Wildman–Crippen LogP) is 2.20. The summed E-state index contributed by atoms with van der Waals surface area (Å²) in [6.07, 6.45) is 0. The SMILES string of the molecule is CN(C)CCOCCNc1cccc(Cl)c1C#N. The summed E-state index contributed by atoms with van der Waals surface area (Å²) in [7, 11) is 4.01. The number of nitrogens with one attached hydrogen (secondary N) is 1. The van der Waals surface area contributed by atoms with E-state index < -0.39 is 0 Å². The fourth-order valence-electron chi connectivity index (χ4n) is 1.39. The van der Waals surface area contributed by atoms with Crippen molar-refractivity contribution in [2.45, 2.75) is 0 Å². The van der Waals surface area contributed by atoms with E-state index in [1.54, 1.807) is 6.07 Å². The van der Waals surface area contributed by atoms with Gasteiger partial charge in [-0.1, -0.05) is 17.7 Å². The number of hydrogen-bond acceptors (Lipinski definition) is 4. The van der Waals surface area contributed by atoms with Crippen molar-refractivity contribution in [3.8, 4) is 6.07 Å². The Morgan fingerprint density at radius 2 is 2.17 bits per heavy atom. The van der Waals surface area contributed by atoms with Gasteiger partial charge in [0.05, 0.1) is 29.5 Å². The van der Waals surface area contributed by atoms with Crippen molar-refractivity contribution in [3.05, 3.63) is 28.8 Å². The van der Waals surface area contributed by atoms with Gasteiger partial charge in [0.2, 0.25) is 0 Å². The molecular weight excluding hydrogens is 250 g/mol. The Kier molecular flexibility index (Phi) is 6.51. The fraction of sp³-hybridized carbons (Fsp3) is 0.462. The average Bonchev–Trinajstić information content (AvgIpc) is 2.33. The van der Waals surface area contributed by atoms with Gasteiger partial charge >= 0.3 is 0 Å². The molecule has 0 aliphatic carbocycles. The summed E-state index contributed by atoms with van der Waals surface area (Å²) in [4.78, 5) is 2.07. The van der Waals surface area contributed by atoms with Crippen molar-refractivity contribution in [1.82, 2.24) is 4.90 Å². The van der Waals surface area contributed by atoms with E-state index in [2.05, 4.69) is 16.3 Å². The van der Waals surface area contributed by atoms with E-state index in [-0.39, 0.29) is 0 Å². The molecule has 0 atom stereocenters. The van der Waals surface area contributed by atoms with Crippen molar-refractivity contribution >= 4 is 17.3 Å². The van der Waals surface area contributed by atoms with Gasteiger partial charge in [0.1, 0.15) is 6.07 Å². The summed E-state index contributed by atoms with van der Waals surface area (Å²) in [6.45, 7) is 2.86. The minimum absolute atomic E-state index is 0.469. The Morgan fingerprint density at radius 1 is 1.39 bits per heavy atom. The first-order valence-corrected chi connectivity index (χ1v) is 6.18. The number of halogens is 1. The van der Waals surface area contributed by atoms with E-state index in [9.17, 15) is 0 Å². The van der Waals surface area contributed by atoms with E-state index in [1.807, 2.05) is 26.2 Å². The van der Waals surface area contributed by atoms with E-state index in [4.69, 9.17) is 21.6 Å². The number of likely N-dealkylation sites (N-methyl/N-ethyl adjacent to an activating group) is 1. The van der Waals surface area contributed by atoms with Crippen LogP contribution in [0.2, 0.25) is 5.02 Å². The van der Waals surface area contributed by atoms with Crippen molar-refractivity contribution in [1.29, 1.82) is 5.26 Å². The second-order valence-corrected chi connectivity index (χ2v) is 4.52. The number of ether oxygens (including phenoxy) is 1. The van der Waals surface area contributed by atoms with Crippen molar-refractivity contribution < 1.29 is 4.74 Å². The molecule has 0 radical (unpaired) electrons. The molecule has 0 fully saturated rings. The highest BCUT2D eigenvalue weighted by Crippen LogP contribution is 2.22. The van der Waals surface area contributed by atoms with Crippen molar-refractivity contribution in [2.24, 2.45) is 0 Å². The molecule has 0 aliphatic heterocycles. The lowest BCUT2D eigenvalue weighted by molar-refractivity contribution is 0.126. The van der Waals surface area contributed by atoms with Crippen LogP contribution in [0.1, 0.15) is 5.56 Å². The topological polar surface area (TPSA) is 48.3 Å². The molecule has 0 unspecified atom stereocenters. The number of benzene rings is 1. The average molecular weight is 268 g/mol. The van der Waals surface area contributed by atoms with Crippen LogP contribution in [-0.4, -0.2) is 45.3 Å². The molecule has 98 valence electrons. The minimum Gasteiger partial charge on any atom is -0.382 e. The first kappa shape index (κ1) is 14.8. The molecule has 0 spiro atoms. The zero-order valence-electron chi connectivity index (χ0n) is 10.7. The monoisotopic (exact) mass is 267 g/mol. The number of anilines is 1. The van der Waals surface area contributed by atoms with Gasteiger partial charge in [-0.05, 0) is 26.2 Å². The van der Waals surface area contributed by atoms with Gasteiger partial charge in [-0.2, -0.15) is 5.26 Å². The molecule has 0 heterocycles. The summed E-state index contributed by atoms with van der Waals surface area (Å²) in [5.41, 5.74) is 1.23. The molecule has 0 aromatic heterocycles. The third kappa shape index (κ3) is 4.92. The van der Waals surface area contributed by atoms with Gasteiger partial charge < -0.3 is 15.0 Å². The second kappa shape index (κ2) is 7.93. The minimum atomic E-state index is 0.469. The molecule has 1 aromatic carbocycles. The van der Waals surface area contributed by atoms with Crippen LogP contribution in [0.3, 0.4) is 0 Å². The van der Waals surface area contributed by atoms with Crippen LogP contribution in [0.15, 0.2) is 18.2 Å². The molecule has 0 bridgehead atoms. The molecule has 0 amide bonds. The summed E-state index contributed by atoms with van der Waals surface area (Å²) in [5.74, 6) is 0. The highest BCUT2D eigenvalue weighted by molar-refractivity contribution is 6.32. The fourth-order valence-corrected chi connectivity index (χ4v) is 1.61. The number of hydrogen-bond donors (Lipinski definition) is 1. The first-order chi connectivity index (χ1) is 8.65. The van der Waals surface area contributed by atoms with E-state index in [0.29, 0.717) is 30.3 Å². The van der Waals surface area contributed by atoms with Gasteiger partial charge in [0.15, 0.2) is 0 Å². The smallest absolute Gasteiger partial charge is 0.103 e. The zero-order chi connectivity index (χ0) is 13.4. The predicted molar refractivity (Wildman–Crippen MR) is 74.0 cm³/mol. The van der Waals surface area contributed by atoms with Crippen molar-refractivity contribution in [3.63, 3.8) is 0 Å². The van der Waals surface area contributed by atoms with Gasteiger partial charge in [-0.15, -0.1) is 0 Å². The number of nitriles is 1. The van der Waals surface area contributed by atoms with Crippen LogP contribution in [0.5, 0.6) is 0 Å². The molecule has 5 heteroatoms. The highest BCUT2D eigenvalue weighted by Gasteiger charge is 2.04. The summed E-state index contributed by atoms with van der Waals surface area (Å²) in [6, 6.07) is 7.45. The lowest BCUT2D eigenvalue weighted by atomic mass is 10.2. The van der Waals surface area contributed by atoms with Crippen LogP contribution in [0.25, 0.3) is 0 Å². The molecule has 4 nitrogen and oxygen atoms in total. The van der Waals surface area contributed by atoms with Crippen molar-refractivity contribution in [2.75, 3.05) is 45.7 Å². The molecule has 1 N–H and O–H groups in total.